The zero-order valence-electron chi connectivity index (χ0n) is 16.4. The lowest BCUT2D eigenvalue weighted by atomic mass is 10.1. The van der Waals surface area contributed by atoms with Crippen molar-refractivity contribution >= 4 is 20.9 Å². The van der Waals surface area contributed by atoms with Crippen molar-refractivity contribution in [3.8, 4) is 0 Å². The number of aryl methyl sites for hydroxylation is 1. The molecule has 1 aromatic heterocycles. The number of nitrogens with zero attached hydrogens (tertiary/aromatic N) is 1. The van der Waals surface area contributed by atoms with Gasteiger partial charge in [-0.1, -0.05) is 47.5 Å². The summed E-state index contributed by atoms with van der Waals surface area (Å²) in [5.41, 5.74) is 4.12. The average molecular weight is 382 g/mol. The predicted octanol–water partition coefficient (Wildman–Crippen LogP) is 4.43. The summed E-state index contributed by atoms with van der Waals surface area (Å²) in [6.07, 6.45) is 5.02. The van der Waals surface area contributed by atoms with Crippen molar-refractivity contribution in [1.29, 1.82) is 0 Å². The first-order valence-electron chi connectivity index (χ1n) is 9.76. The number of H-pyrrole nitrogens is 1. The number of hydrogen-bond acceptors (Lipinski definition) is 2. The van der Waals surface area contributed by atoms with Gasteiger partial charge < -0.3 is 4.98 Å². The second kappa shape index (κ2) is 7.33. The van der Waals surface area contributed by atoms with E-state index in [1.807, 2.05) is 49.4 Å². The summed E-state index contributed by atoms with van der Waals surface area (Å²) in [6.45, 7) is 2.66. The molecule has 0 unspecified atom stereocenters. The Kier molecular flexibility index (Phi) is 4.56. The number of benzene rings is 2. The van der Waals surface area contributed by atoms with Gasteiger partial charge in [0.2, 0.25) is 10.0 Å². The minimum Gasteiger partial charge on any atom is -0.361 e. The van der Waals surface area contributed by atoms with Crippen molar-refractivity contribution < 1.29 is 9.79 Å². The third-order valence-electron chi connectivity index (χ3n) is 4.99. The van der Waals surface area contributed by atoms with Gasteiger partial charge in [-0.2, -0.15) is 4.31 Å². The topological polar surface area (TPSA) is 53.2 Å². The van der Waals surface area contributed by atoms with Crippen molar-refractivity contribution in [2.75, 3.05) is 13.1 Å². The van der Waals surface area contributed by atoms with E-state index < -0.39 is 10.0 Å². The van der Waals surface area contributed by atoms with Gasteiger partial charge in [0.15, 0.2) is 0 Å². The van der Waals surface area contributed by atoms with Crippen LogP contribution in [0.1, 0.15) is 25.3 Å². The SMILES string of the molecule is [2H]c1[nH]c2ccccc2c1CCN(CC=C1CC1)S(=O)(=O)c1ccc(C)cc1. The molecule has 1 N–H and O–H groups in total. The first kappa shape index (κ1) is 16.8. The maximum Gasteiger partial charge on any atom is 0.243 e. The Bertz CT molecular complexity index is 1130. The lowest BCUT2D eigenvalue weighted by Crippen LogP contribution is -2.33. The fourth-order valence-corrected chi connectivity index (χ4v) is 4.56. The minimum atomic E-state index is -3.59. The fraction of sp³-hybridized carbons (Fsp3) is 0.273. The summed E-state index contributed by atoms with van der Waals surface area (Å²) < 4.78 is 36.2. The first-order chi connectivity index (χ1) is 13.4. The van der Waals surface area contributed by atoms with Crippen molar-refractivity contribution in [2.24, 2.45) is 0 Å². The number of aromatic nitrogens is 1. The fourth-order valence-electron chi connectivity index (χ4n) is 3.18. The standard InChI is InChI=1S/C22H24N2O2S/c1-17-6-10-20(11-7-17)27(25,26)24(14-12-18-8-9-18)15-13-19-16-23-22-5-3-2-4-21(19)22/h2-7,10-12,16,23H,8-9,13-15H2,1H3/i16D. The van der Waals surface area contributed by atoms with E-state index in [1.54, 1.807) is 12.1 Å². The molecular formula is C22H24N2O2S. The van der Waals surface area contributed by atoms with Crippen LogP contribution in [0.5, 0.6) is 0 Å². The van der Waals surface area contributed by atoms with Crippen molar-refractivity contribution in [2.45, 2.75) is 31.1 Å². The summed E-state index contributed by atoms with van der Waals surface area (Å²) in [4.78, 5) is 3.39. The number of aromatic amines is 1. The van der Waals surface area contributed by atoms with E-state index in [4.69, 9.17) is 1.37 Å². The Labute approximate surface area is 162 Å². The van der Waals surface area contributed by atoms with Gasteiger partial charge in [-0.15, -0.1) is 0 Å². The lowest BCUT2D eigenvalue weighted by molar-refractivity contribution is 0.445. The van der Waals surface area contributed by atoms with Gasteiger partial charge in [0.05, 0.1) is 6.27 Å². The van der Waals surface area contributed by atoms with Crippen molar-refractivity contribution in [3.63, 3.8) is 0 Å². The Morgan fingerprint density at radius 2 is 1.89 bits per heavy atom. The Morgan fingerprint density at radius 1 is 1.15 bits per heavy atom. The number of sulfonamides is 1. The van der Waals surface area contributed by atoms with Crippen LogP contribution in [0.3, 0.4) is 0 Å². The van der Waals surface area contributed by atoms with Crippen LogP contribution in [0.15, 0.2) is 71.2 Å². The highest BCUT2D eigenvalue weighted by Crippen LogP contribution is 2.28. The molecule has 1 fully saturated rings. The van der Waals surface area contributed by atoms with Crippen LogP contribution in [-0.4, -0.2) is 30.8 Å². The van der Waals surface area contributed by atoms with Gasteiger partial charge in [0.1, 0.15) is 0 Å². The summed E-state index contributed by atoms with van der Waals surface area (Å²) >= 11 is 0. The molecule has 0 radical (unpaired) electrons. The summed E-state index contributed by atoms with van der Waals surface area (Å²) in [7, 11) is -3.59. The van der Waals surface area contributed by atoms with Crippen LogP contribution in [0, 0.1) is 6.92 Å². The number of rotatable bonds is 7. The second-order valence-corrected chi connectivity index (χ2v) is 9.00. The molecule has 1 aliphatic carbocycles. The summed E-state index contributed by atoms with van der Waals surface area (Å²) in [6, 6.07) is 14.8. The molecule has 0 aliphatic heterocycles. The maximum absolute atomic E-state index is 13.2. The number of allylic oxidation sites excluding steroid dienone is 1. The van der Waals surface area contributed by atoms with E-state index in [-0.39, 0.29) is 0 Å². The zero-order valence-corrected chi connectivity index (χ0v) is 16.2. The molecule has 0 saturated heterocycles. The number of hydrogen-bond donors (Lipinski definition) is 1. The number of nitrogens with one attached hydrogen (secondary N) is 1. The molecule has 27 heavy (non-hydrogen) atoms. The third-order valence-corrected chi connectivity index (χ3v) is 6.87. The molecule has 0 amide bonds. The van der Waals surface area contributed by atoms with E-state index in [1.165, 1.54) is 9.88 Å². The van der Waals surface area contributed by atoms with Crippen LogP contribution >= 0.6 is 0 Å². The maximum atomic E-state index is 13.2. The number of fused-ring (bicyclic) bond motifs is 1. The van der Waals surface area contributed by atoms with Crippen LogP contribution < -0.4 is 0 Å². The van der Waals surface area contributed by atoms with Crippen molar-refractivity contribution in [3.05, 3.63) is 77.5 Å². The van der Waals surface area contributed by atoms with Gasteiger partial charge in [0.25, 0.3) is 0 Å². The largest absolute Gasteiger partial charge is 0.361 e. The highest BCUT2D eigenvalue weighted by molar-refractivity contribution is 7.89. The van der Waals surface area contributed by atoms with E-state index in [9.17, 15) is 8.42 Å². The Morgan fingerprint density at radius 3 is 2.63 bits per heavy atom. The predicted molar refractivity (Wildman–Crippen MR) is 109 cm³/mol. The number of para-hydroxylation sites is 1. The molecule has 3 aromatic rings. The molecule has 4 rings (SSSR count). The van der Waals surface area contributed by atoms with E-state index >= 15 is 0 Å². The monoisotopic (exact) mass is 381 g/mol. The van der Waals surface area contributed by atoms with E-state index in [2.05, 4.69) is 4.98 Å². The van der Waals surface area contributed by atoms with Gasteiger partial charge in [0, 0.05) is 30.2 Å². The molecule has 1 aliphatic rings. The van der Waals surface area contributed by atoms with Crippen LogP contribution in [0.2, 0.25) is 0 Å². The third kappa shape index (κ3) is 3.99. The molecule has 2 aromatic carbocycles. The molecule has 1 saturated carbocycles. The zero-order chi connectivity index (χ0) is 19.7. The Hall–Kier alpha value is -2.37. The highest BCUT2D eigenvalue weighted by atomic mass is 32.2. The highest BCUT2D eigenvalue weighted by Gasteiger charge is 2.24. The normalized spacial score (nSPS) is 14.6. The molecule has 140 valence electrons. The first-order valence-corrected chi connectivity index (χ1v) is 10.7. The van der Waals surface area contributed by atoms with E-state index in [0.29, 0.717) is 30.6 Å². The van der Waals surface area contributed by atoms with Gasteiger partial charge in [-0.25, -0.2) is 8.42 Å². The van der Waals surface area contributed by atoms with Crippen LogP contribution in [0.4, 0.5) is 0 Å². The quantitative estimate of drug-likeness (QED) is 0.616. The van der Waals surface area contributed by atoms with Gasteiger partial charge >= 0.3 is 0 Å². The Balaban J connectivity index is 1.61. The van der Waals surface area contributed by atoms with Crippen LogP contribution in [-0.2, 0) is 16.4 Å². The molecule has 4 nitrogen and oxygen atoms in total. The average Bonchev–Trinajstić information content (AvgIpc) is 3.44. The van der Waals surface area contributed by atoms with Crippen molar-refractivity contribution in [1.82, 2.24) is 9.29 Å². The van der Waals surface area contributed by atoms with Crippen LogP contribution in [0.25, 0.3) is 10.9 Å². The van der Waals surface area contributed by atoms with Gasteiger partial charge in [-0.05, 0) is 49.9 Å². The summed E-state index contributed by atoms with van der Waals surface area (Å²) in [5.74, 6) is 0. The molecule has 1 heterocycles. The lowest BCUT2D eigenvalue weighted by Gasteiger charge is -2.21. The molecular weight excluding hydrogens is 356 g/mol. The molecule has 0 bridgehead atoms. The molecule has 0 spiro atoms. The minimum absolute atomic E-state index is 0.317. The smallest absolute Gasteiger partial charge is 0.243 e. The summed E-state index contributed by atoms with van der Waals surface area (Å²) in [5, 5.41) is 0.987. The molecule has 5 heteroatoms. The van der Waals surface area contributed by atoms with Gasteiger partial charge in [-0.3, -0.25) is 0 Å². The molecule has 0 atom stereocenters. The van der Waals surface area contributed by atoms with E-state index in [0.717, 1.165) is 34.9 Å². The second-order valence-electron chi connectivity index (χ2n) is 7.06.